The normalized spacial score (nSPS) is 7.33. The van der Waals surface area contributed by atoms with Gasteiger partial charge in [-0.3, -0.25) is 13.3 Å². The van der Waals surface area contributed by atoms with Crippen LogP contribution in [-0.2, 0) is 4.74 Å². The molecule has 0 saturated carbocycles. The number of hydrogen-bond acceptors (Lipinski definition) is 2. The minimum atomic E-state index is -2.64. The van der Waals surface area contributed by atoms with Crippen molar-refractivity contribution in [3.05, 3.63) is 0 Å². The summed E-state index contributed by atoms with van der Waals surface area (Å²) in [5, 5.41) is 0. The van der Waals surface area contributed by atoms with Gasteiger partial charge in [-0.25, -0.2) is 4.79 Å². The number of carbonyl (C=O) groups excluding carboxylic acids is 1. The Morgan fingerprint density at radius 2 is 2.11 bits per heavy atom. The Bertz CT molecular complexity index is 89.9. The van der Waals surface area contributed by atoms with Crippen LogP contribution in [0.25, 0.3) is 0 Å². The maximum absolute atomic E-state index is 11.1. The Morgan fingerprint density at radius 1 is 1.67 bits per heavy atom. The molecule has 0 aliphatic rings. The molecule has 0 bridgehead atoms. The molecule has 0 aromatic rings. The Balaban J connectivity index is 0. The van der Waals surface area contributed by atoms with Crippen LogP contribution in [0.2, 0.25) is 0 Å². The molecule has 54 valence electrons. The third-order valence-corrected chi connectivity index (χ3v) is 0.352. The maximum atomic E-state index is 11.1. The number of ether oxygens (including phenoxy) is 1. The number of nitrogens with two attached hydrogens (primary N) is 1. The number of primary amides is 1. The van der Waals surface area contributed by atoms with Crippen molar-refractivity contribution in [2.75, 3.05) is 6.51 Å². The average molecular weight is 143 g/mol. The topological polar surface area (TPSA) is 52.3 Å². The quantitative estimate of drug-likeness (QED) is 0.561. The zero-order valence-electron chi connectivity index (χ0n) is 4.34. The molecule has 0 heterocycles. The summed E-state index contributed by atoms with van der Waals surface area (Å²) in [5.74, 6) is 0. The molecule has 0 aliphatic heterocycles. The molecule has 0 spiro atoms. The molecule has 1 amide bonds. The van der Waals surface area contributed by atoms with E-state index in [0.29, 0.717) is 0 Å². The van der Waals surface area contributed by atoms with E-state index in [1.807, 2.05) is 0 Å². The number of rotatable bonds is 2. The van der Waals surface area contributed by atoms with Gasteiger partial charge in [-0.15, -0.1) is 0 Å². The van der Waals surface area contributed by atoms with E-state index in [1.54, 1.807) is 0 Å². The largest absolute Gasteiger partial charge is 0.575 e. The van der Waals surface area contributed by atoms with Crippen LogP contribution in [0.5, 0.6) is 0 Å². The molecular formula is C2H5BF3NO2. The van der Waals surface area contributed by atoms with Gasteiger partial charge in [0.05, 0.1) is 0 Å². The van der Waals surface area contributed by atoms with Crippen LogP contribution in [-0.4, -0.2) is 19.9 Å². The number of hydrogen-bond donors (Lipinski definition) is 1. The van der Waals surface area contributed by atoms with E-state index in [1.165, 1.54) is 0 Å². The van der Waals surface area contributed by atoms with Crippen molar-refractivity contribution in [3.8, 4) is 0 Å². The first-order chi connectivity index (χ1) is 3.63. The predicted octanol–water partition coefficient (Wildman–Crippen LogP) is 0.201. The zero-order chi connectivity index (χ0) is 6.57. The molecule has 3 nitrogen and oxygen atoms in total. The molecular weight excluding hydrogens is 138 g/mol. The first-order valence-corrected chi connectivity index (χ1v) is 1.83. The van der Waals surface area contributed by atoms with Gasteiger partial charge in [-0.1, -0.05) is 0 Å². The molecule has 0 aromatic heterocycles. The van der Waals surface area contributed by atoms with Crippen molar-refractivity contribution in [1.82, 2.24) is 0 Å². The number of carbonyl (C=O) groups is 1. The van der Waals surface area contributed by atoms with Crippen molar-refractivity contribution in [3.63, 3.8) is 0 Å². The minimum Gasteiger partial charge on any atom is -0.452 e. The van der Waals surface area contributed by atoms with E-state index >= 15 is 0 Å². The van der Waals surface area contributed by atoms with Crippen LogP contribution >= 0.6 is 0 Å². The fourth-order valence-electron chi connectivity index (χ4n) is 0.145. The van der Waals surface area contributed by atoms with Gasteiger partial charge in [0.15, 0.2) is 0 Å². The predicted molar refractivity (Wildman–Crippen MR) is 26.0 cm³/mol. The lowest BCUT2D eigenvalue weighted by Crippen LogP contribution is -2.19. The fraction of sp³-hybridized carbons (Fsp3) is 0.500. The molecule has 0 rings (SSSR count). The summed E-state index contributed by atoms with van der Waals surface area (Å²) in [6.45, 7) is -0.921. The van der Waals surface area contributed by atoms with E-state index in [0.717, 1.165) is 0 Å². The first-order valence-electron chi connectivity index (χ1n) is 1.83. The smallest absolute Gasteiger partial charge is 0.452 e. The molecule has 2 N–H and O–H groups in total. The van der Waals surface area contributed by atoms with Crippen LogP contribution < -0.4 is 5.73 Å². The molecule has 9 heavy (non-hydrogen) atoms. The molecule has 0 atom stereocenters. The van der Waals surface area contributed by atoms with Gasteiger partial charge in [0.2, 0.25) is 0 Å². The molecule has 0 aliphatic carbocycles. The van der Waals surface area contributed by atoms with E-state index in [4.69, 9.17) is 0 Å². The molecule has 0 fully saturated rings. The van der Waals surface area contributed by atoms with Crippen molar-refractivity contribution >= 4 is 13.4 Å². The van der Waals surface area contributed by atoms with Gasteiger partial charge >= 0.3 is 13.4 Å². The van der Waals surface area contributed by atoms with Crippen LogP contribution in [0.3, 0.4) is 0 Å². The highest BCUT2D eigenvalue weighted by molar-refractivity contribution is 6.42. The number of halogens is 3. The summed E-state index contributed by atoms with van der Waals surface area (Å²) in [6, 6.07) is 0. The highest BCUT2D eigenvalue weighted by Crippen LogP contribution is 1.85. The third kappa shape index (κ3) is 11.0. The lowest BCUT2D eigenvalue weighted by molar-refractivity contribution is 0.170. The Morgan fingerprint density at radius 3 is 2.22 bits per heavy atom. The van der Waals surface area contributed by atoms with E-state index in [9.17, 15) is 13.4 Å². The van der Waals surface area contributed by atoms with Crippen molar-refractivity contribution in [2.45, 2.75) is 0 Å². The summed E-state index contributed by atoms with van der Waals surface area (Å²) < 4.78 is 25.8. The molecule has 0 aromatic carbocycles. The highest BCUT2D eigenvalue weighted by Gasteiger charge is 2.13. The van der Waals surface area contributed by atoms with E-state index in [2.05, 4.69) is 10.5 Å². The molecule has 0 unspecified atom stereocenters. The van der Waals surface area contributed by atoms with Gasteiger partial charge in [0.1, 0.15) is 6.51 Å². The Hall–Kier alpha value is -0.875. The van der Waals surface area contributed by atoms with Gasteiger partial charge in [0.25, 0.3) is 0 Å². The van der Waals surface area contributed by atoms with Crippen LogP contribution in [0.15, 0.2) is 0 Å². The summed E-state index contributed by atoms with van der Waals surface area (Å²) in [6.07, 6.45) is -1.18. The van der Waals surface area contributed by atoms with Crippen molar-refractivity contribution in [2.24, 2.45) is 5.73 Å². The van der Waals surface area contributed by atoms with Crippen molar-refractivity contribution < 1.29 is 22.9 Å². The average Bonchev–Trinajstić information content (AvgIpc) is 1.61. The Kier molecular flexibility index (Phi) is 6.43. The molecule has 0 radical (unpaired) electrons. The van der Waals surface area contributed by atoms with Gasteiger partial charge in [-0.2, -0.15) is 0 Å². The second-order valence-electron chi connectivity index (χ2n) is 1.02. The third-order valence-electron chi connectivity index (χ3n) is 0.352. The maximum Gasteiger partial charge on any atom is 0.575 e. The van der Waals surface area contributed by atoms with E-state index < -0.39 is 19.9 Å². The van der Waals surface area contributed by atoms with Crippen LogP contribution in [0.1, 0.15) is 0 Å². The van der Waals surface area contributed by atoms with Gasteiger partial charge < -0.3 is 10.5 Å². The Labute approximate surface area is 49.7 Å². The first kappa shape index (κ1) is 11.0. The summed E-state index contributed by atoms with van der Waals surface area (Å²) >= 11 is 0. The SMILES string of the molecule is F.NC(=O)OCB(F)F. The van der Waals surface area contributed by atoms with E-state index in [-0.39, 0.29) is 4.70 Å². The standard InChI is InChI=1S/C2H4BF2NO2.FH/c4-3(5)1-8-2(6)7;/h1H2,(H2,6,7);1H. The monoisotopic (exact) mass is 143 g/mol. The lowest BCUT2D eigenvalue weighted by Gasteiger charge is -1.93. The molecule has 7 heteroatoms. The summed E-state index contributed by atoms with van der Waals surface area (Å²) in [7, 11) is -2.64. The fourth-order valence-corrected chi connectivity index (χ4v) is 0.145. The second-order valence-corrected chi connectivity index (χ2v) is 1.02. The van der Waals surface area contributed by atoms with Gasteiger partial charge in [0, 0.05) is 0 Å². The second kappa shape index (κ2) is 5.27. The van der Waals surface area contributed by atoms with Crippen LogP contribution in [0, 0.1) is 0 Å². The lowest BCUT2D eigenvalue weighted by atomic mass is 10.0. The summed E-state index contributed by atoms with van der Waals surface area (Å²) in [5.41, 5.74) is 4.35. The zero-order valence-corrected chi connectivity index (χ0v) is 4.34. The van der Waals surface area contributed by atoms with Crippen molar-refractivity contribution in [1.29, 1.82) is 0 Å². The molecule has 0 saturated heterocycles. The summed E-state index contributed by atoms with van der Waals surface area (Å²) in [4.78, 5) is 9.57. The van der Waals surface area contributed by atoms with Gasteiger partial charge in [-0.05, 0) is 0 Å². The number of amides is 1. The minimum absolute atomic E-state index is 0. The van der Waals surface area contributed by atoms with Crippen LogP contribution in [0.4, 0.5) is 18.1 Å². The highest BCUT2D eigenvalue weighted by atomic mass is 19.2.